The first-order valence-electron chi connectivity index (χ1n) is 27.1. The number of benzene rings is 1. The molecule has 4 N–H and O–H groups in total. The Morgan fingerprint density at radius 3 is 2.29 bits per heavy atom. The van der Waals surface area contributed by atoms with Crippen LogP contribution in [0.5, 0.6) is 5.75 Å². The quantitative estimate of drug-likeness (QED) is 0.179. The Balaban J connectivity index is 0.656. The van der Waals surface area contributed by atoms with Crippen molar-refractivity contribution >= 4 is 29.2 Å². The van der Waals surface area contributed by atoms with Crippen LogP contribution in [0.4, 0.5) is 5.82 Å². The van der Waals surface area contributed by atoms with Gasteiger partial charge in [0.05, 0.1) is 23.4 Å². The molecule has 6 aliphatic carbocycles. The van der Waals surface area contributed by atoms with Gasteiger partial charge in [-0.3, -0.25) is 14.5 Å². The van der Waals surface area contributed by atoms with E-state index in [-0.39, 0.29) is 51.4 Å². The number of rotatable bonds is 10. The highest BCUT2D eigenvalue weighted by Crippen LogP contribution is 2.75. The van der Waals surface area contributed by atoms with Gasteiger partial charge in [-0.2, -0.15) is 5.26 Å². The number of piperidine rings is 1. The lowest BCUT2D eigenvalue weighted by Crippen LogP contribution is -2.62. The molecule has 14 heteroatoms. The first-order chi connectivity index (χ1) is 34.3. The van der Waals surface area contributed by atoms with E-state index < -0.39 is 11.5 Å². The van der Waals surface area contributed by atoms with Crippen LogP contribution in [-0.2, 0) is 4.79 Å². The van der Waals surface area contributed by atoms with Crippen molar-refractivity contribution in [3.05, 3.63) is 92.9 Å². The molecule has 10 rings (SSSR count). The Morgan fingerprint density at radius 2 is 1.60 bits per heavy atom. The minimum Gasteiger partial charge on any atom is -0.509 e. The summed E-state index contributed by atoms with van der Waals surface area (Å²) in [5.74, 6) is 2.56. The van der Waals surface area contributed by atoms with Gasteiger partial charge in [0.2, 0.25) is 5.91 Å². The Labute approximate surface area is 432 Å². The van der Waals surface area contributed by atoms with Crippen molar-refractivity contribution in [2.45, 2.75) is 143 Å². The summed E-state index contributed by atoms with van der Waals surface area (Å²) in [7, 11) is 0. The Bertz CT molecular complexity index is 2600. The van der Waals surface area contributed by atoms with Crippen LogP contribution < -0.4 is 20.3 Å². The van der Waals surface area contributed by atoms with Crippen LogP contribution in [0.2, 0.25) is 5.02 Å². The zero-order valence-corrected chi connectivity index (χ0v) is 44.3. The number of nitrogens with zero attached hydrogens (tertiary/aromatic N) is 6. The first kappa shape index (κ1) is 50.8. The Hall–Kier alpha value is -4.74. The number of piperazine rings is 1. The Kier molecular flexibility index (Phi) is 13.8. The summed E-state index contributed by atoms with van der Waals surface area (Å²) in [6, 6.07) is 11.0. The molecule has 2 aromatic rings. The van der Waals surface area contributed by atoms with Crippen LogP contribution in [0.1, 0.15) is 141 Å². The van der Waals surface area contributed by atoms with Gasteiger partial charge in [-0.25, -0.2) is 0 Å². The summed E-state index contributed by atoms with van der Waals surface area (Å²) in [6.07, 6.45) is 18.2. The number of aliphatic hydroxyl groups excluding tert-OH is 2. The van der Waals surface area contributed by atoms with Gasteiger partial charge in [0.1, 0.15) is 23.7 Å². The largest absolute Gasteiger partial charge is 0.509 e. The van der Waals surface area contributed by atoms with E-state index in [0.717, 1.165) is 146 Å². The molecular formula is C58H77ClN8O5. The summed E-state index contributed by atoms with van der Waals surface area (Å²) in [5.41, 5.74) is 4.79. The van der Waals surface area contributed by atoms with Gasteiger partial charge in [-0.05, 0) is 166 Å². The fraction of sp³-hybridized carbons (Fsp3) is 0.638. The smallest absolute Gasteiger partial charge is 0.272 e. The Morgan fingerprint density at radius 1 is 0.875 bits per heavy atom. The molecule has 1 unspecified atom stereocenters. The molecule has 2 amide bonds. The number of ether oxygens (including phenoxy) is 1. The van der Waals surface area contributed by atoms with Crippen molar-refractivity contribution in [3.63, 3.8) is 0 Å². The van der Waals surface area contributed by atoms with E-state index in [4.69, 9.17) is 21.6 Å². The predicted octanol–water partition coefficient (Wildman–Crippen LogP) is 9.45. The van der Waals surface area contributed by atoms with E-state index in [1.165, 1.54) is 11.1 Å². The molecule has 2 aliphatic heterocycles. The van der Waals surface area contributed by atoms with Gasteiger partial charge < -0.3 is 35.4 Å². The average Bonchev–Trinajstić information content (AvgIpc) is 3.38. The van der Waals surface area contributed by atoms with Gasteiger partial charge in [-0.15, -0.1) is 10.2 Å². The first-order valence-corrected chi connectivity index (χ1v) is 27.5. The van der Waals surface area contributed by atoms with Crippen LogP contribution in [0.3, 0.4) is 0 Å². The maximum atomic E-state index is 14.4. The van der Waals surface area contributed by atoms with E-state index in [0.29, 0.717) is 40.5 Å². The van der Waals surface area contributed by atoms with Crippen molar-refractivity contribution < 1.29 is 24.5 Å². The normalized spacial score (nSPS) is 35.3. The molecule has 0 spiro atoms. The van der Waals surface area contributed by atoms with Gasteiger partial charge in [0.25, 0.3) is 5.91 Å². The molecule has 2 saturated heterocycles. The fourth-order valence-electron chi connectivity index (χ4n) is 15.1. The summed E-state index contributed by atoms with van der Waals surface area (Å²) in [6.45, 7) is 21.5. The number of hydrogen-bond donors (Lipinski definition) is 4. The lowest BCUT2D eigenvalue weighted by atomic mass is 9.34. The lowest BCUT2D eigenvalue weighted by molar-refractivity contribution is -0.169. The molecule has 6 fully saturated rings. The molecule has 4 saturated carbocycles. The third-order valence-electron chi connectivity index (χ3n) is 20.2. The second-order valence-electron chi connectivity index (χ2n) is 24.4. The topological polar surface area (TPSA) is 167 Å². The predicted molar refractivity (Wildman–Crippen MR) is 280 cm³/mol. The molecule has 72 heavy (non-hydrogen) atoms. The summed E-state index contributed by atoms with van der Waals surface area (Å²) in [4.78, 5) is 34.8. The van der Waals surface area contributed by atoms with Crippen molar-refractivity contribution in [1.82, 2.24) is 30.6 Å². The number of nitrogens with one attached hydrogen (secondary N) is 2. The molecular weight excluding hydrogens is 924 g/mol. The number of fused-ring (bicyclic) bond motifs is 7. The number of carbonyl (C=O) groups excluding carboxylic acids is 2. The van der Waals surface area contributed by atoms with Crippen LogP contribution in [0, 0.1) is 50.2 Å². The van der Waals surface area contributed by atoms with E-state index in [2.05, 4.69) is 88.4 Å². The second kappa shape index (κ2) is 19.5. The average molecular weight is 1000 g/mol. The second-order valence-corrected chi connectivity index (χ2v) is 24.8. The molecule has 1 aromatic heterocycles. The van der Waals surface area contributed by atoms with Crippen molar-refractivity contribution in [2.75, 3.05) is 57.4 Å². The molecule has 1 aromatic carbocycles. The van der Waals surface area contributed by atoms with Crippen LogP contribution >= 0.6 is 11.6 Å². The van der Waals surface area contributed by atoms with Crippen LogP contribution in [0.25, 0.3) is 0 Å². The van der Waals surface area contributed by atoms with Crippen LogP contribution in [-0.4, -0.2) is 113 Å². The maximum absolute atomic E-state index is 14.4. The number of aliphatic hydroxyl groups is 2. The highest BCUT2D eigenvalue weighted by molar-refractivity contribution is 6.31. The highest BCUT2D eigenvalue weighted by Gasteiger charge is 2.67. The zero-order chi connectivity index (χ0) is 50.8. The van der Waals surface area contributed by atoms with E-state index in [9.17, 15) is 19.8 Å². The molecule has 8 aliphatic rings. The number of allylic oxidation sites excluding steroid dienone is 6. The number of nitriles is 1. The monoisotopic (exact) mass is 1000 g/mol. The zero-order valence-electron chi connectivity index (χ0n) is 43.5. The molecule has 0 bridgehead atoms. The summed E-state index contributed by atoms with van der Waals surface area (Å²) in [5, 5.41) is 46.4. The van der Waals surface area contributed by atoms with E-state index in [1.807, 2.05) is 19.1 Å². The third kappa shape index (κ3) is 9.19. The standard InChI is InChI=1S/C58H77ClN8O5/c1-37-43-13-15-48-56(4,44(43)32-47(68)51(37)69)22-24-58(6)49-33-55(3,20-19-54(49,2)21-23-57(48,58)5)53(71)61-36-66-29-27-65(28-30-66)35-38-17-25-67(26-18-38)50-16-14-46(63-64-50)52(70)62-40-8-11-41(12-9-40)72-42-10-7-39(34-60)45(59)31-42/h7,10,13-16,31-32,38,40-41,47,49,68-69H,8-9,11-12,17-30,33,35-36H2,1-6H3,(H,61,71)(H,62,70)/t40?,41?,47?,49-,54-,55-,56+,57-,58+/m1/s1. The number of hydrogen-bond acceptors (Lipinski definition) is 11. The van der Waals surface area contributed by atoms with Crippen molar-refractivity contribution in [1.29, 1.82) is 5.26 Å². The molecule has 3 heterocycles. The van der Waals surface area contributed by atoms with E-state index in [1.54, 1.807) is 24.3 Å². The van der Waals surface area contributed by atoms with Gasteiger partial charge in [-0.1, -0.05) is 63.9 Å². The van der Waals surface area contributed by atoms with E-state index >= 15 is 0 Å². The van der Waals surface area contributed by atoms with Gasteiger partial charge in [0, 0.05) is 68.8 Å². The highest BCUT2D eigenvalue weighted by atomic mass is 35.5. The SMILES string of the molecule is CC1=C(O)C(O)C=C2C1=CC=C1[C@@]2(C)CC[C@@]2(C)[C@@H]3C[C@](C)(C(=O)NCN4CCN(CC5CCN(c6ccc(C(=O)NC7CCC(Oc8ccc(C#N)c(Cl)c8)CC7)nn6)CC5)CC4)CC[C@]3(C)CC[C@]12C. The minimum atomic E-state index is -0.963. The maximum Gasteiger partial charge on any atom is 0.272 e. The molecule has 386 valence electrons. The lowest BCUT2D eigenvalue weighted by Gasteiger charge is -2.70. The fourth-order valence-corrected chi connectivity index (χ4v) is 15.3. The van der Waals surface area contributed by atoms with Crippen molar-refractivity contribution in [2.24, 2.45) is 38.9 Å². The molecule has 7 atom stereocenters. The number of anilines is 1. The number of aromatic nitrogens is 2. The molecule has 0 radical (unpaired) electrons. The summed E-state index contributed by atoms with van der Waals surface area (Å²) >= 11 is 6.18. The minimum absolute atomic E-state index is 0.0254. The van der Waals surface area contributed by atoms with Gasteiger partial charge in [0.15, 0.2) is 11.5 Å². The number of carbonyl (C=O) groups is 2. The number of halogens is 1. The third-order valence-corrected chi connectivity index (χ3v) is 20.5. The summed E-state index contributed by atoms with van der Waals surface area (Å²) < 4.78 is 6.12. The molecule has 13 nitrogen and oxygen atoms in total. The van der Waals surface area contributed by atoms with Gasteiger partial charge >= 0.3 is 0 Å². The number of amides is 2. The van der Waals surface area contributed by atoms with Crippen molar-refractivity contribution in [3.8, 4) is 11.8 Å². The van der Waals surface area contributed by atoms with Crippen LogP contribution in [0.15, 0.2) is 76.6 Å².